The molecule has 160 valence electrons. The molecule has 2 heterocycles. The molecule has 1 aliphatic carbocycles. The number of esters is 1. The van der Waals surface area contributed by atoms with Gasteiger partial charge in [-0.1, -0.05) is 41.9 Å². The van der Waals surface area contributed by atoms with E-state index >= 15 is 0 Å². The van der Waals surface area contributed by atoms with Gasteiger partial charge in [0.1, 0.15) is 6.61 Å². The number of Topliss-reactive ketones (excluding diaryl/α,β-unsaturated/α-hetero) is 1. The summed E-state index contributed by atoms with van der Waals surface area (Å²) in [5.41, 5.74) is 3.69. The Bertz CT molecular complexity index is 940. The molecule has 4 rings (SSSR count). The molecule has 0 radical (unpaired) electrons. The van der Waals surface area contributed by atoms with Crippen LogP contribution in [0.3, 0.4) is 0 Å². The second kappa shape index (κ2) is 8.31. The summed E-state index contributed by atoms with van der Waals surface area (Å²) >= 11 is 3.53. The molecule has 0 aromatic heterocycles. The molecule has 3 aliphatic rings. The molecule has 1 aromatic rings. The van der Waals surface area contributed by atoms with Crippen molar-refractivity contribution in [3.8, 4) is 0 Å². The Kier molecular flexibility index (Phi) is 5.90. The van der Waals surface area contributed by atoms with Gasteiger partial charge in [-0.15, -0.1) is 0 Å². The predicted molar refractivity (Wildman–Crippen MR) is 118 cm³/mol. The molecule has 30 heavy (non-hydrogen) atoms. The third-order valence-electron chi connectivity index (χ3n) is 6.07. The number of carbonyl (C=O) groups excluding carboxylic acids is 2. The highest BCUT2D eigenvalue weighted by Gasteiger charge is 2.43. The van der Waals surface area contributed by atoms with Crippen LogP contribution in [0.2, 0.25) is 0 Å². The van der Waals surface area contributed by atoms with Gasteiger partial charge in [-0.05, 0) is 49.3 Å². The number of hydrogen-bond donors (Lipinski definition) is 1. The van der Waals surface area contributed by atoms with E-state index in [1.165, 1.54) is 0 Å². The Balaban J connectivity index is 1.72. The number of ketones is 1. The van der Waals surface area contributed by atoms with Gasteiger partial charge in [-0.25, -0.2) is 4.79 Å². The van der Waals surface area contributed by atoms with Gasteiger partial charge in [0.2, 0.25) is 0 Å². The lowest BCUT2D eigenvalue weighted by Gasteiger charge is -2.39. The van der Waals surface area contributed by atoms with Crippen molar-refractivity contribution in [3.05, 3.63) is 56.8 Å². The number of rotatable bonds is 4. The van der Waals surface area contributed by atoms with Crippen molar-refractivity contribution in [2.75, 3.05) is 13.2 Å². The Morgan fingerprint density at radius 1 is 1.33 bits per heavy atom. The summed E-state index contributed by atoms with van der Waals surface area (Å²) in [6.45, 7) is 7.06. The van der Waals surface area contributed by atoms with E-state index in [4.69, 9.17) is 9.47 Å². The first-order valence-corrected chi connectivity index (χ1v) is 11.3. The van der Waals surface area contributed by atoms with Gasteiger partial charge in [0, 0.05) is 40.4 Å². The zero-order chi connectivity index (χ0) is 21.5. The number of benzene rings is 1. The first kappa shape index (κ1) is 21.3. The van der Waals surface area contributed by atoms with E-state index in [0.29, 0.717) is 24.2 Å². The number of ether oxygens (including phenoxy) is 2. The molecule has 6 heteroatoms. The largest absolute Gasteiger partial charge is 0.459 e. The second-order valence-corrected chi connectivity index (χ2v) is 10.1. The number of hydrogen-bond acceptors (Lipinski definition) is 5. The molecule has 1 saturated heterocycles. The fourth-order valence-corrected chi connectivity index (χ4v) is 5.17. The maximum Gasteiger partial charge on any atom is 0.336 e. The number of allylic oxidation sites excluding steroid dienone is 3. The molecule has 2 aliphatic heterocycles. The molecule has 1 N–H and O–H groups in total. The molecule has 1 fully saturated rings. The summed E-state index contributed by atoms with van der Waals surface area (Å²) in [5.74, 6) is -0.723. The third kappa shape index (κ3) is 4.26. The monoisotopic (exact) mass is 473 g/mol. The van der Waals surface area contributed by atoms with Crippen molar-refractivity contribution < 1.29 is 19.1 Å². The average Bonchev–Trinajstić information content (AvgIpc) is 3.17. The fourth-order valence-electron chi connectivity index (χ4n) is 4.75. The van der Waals surface area contributed by atoms with E-state index in [-0.39, 0.29) is 29.9 Å². The molecule has 0 amide bonds. The van der Waals surface area contributed by atoms with E-state index in [1.54, 1.807) is 0 Å². The van der Waals surface area contributed by atoms with Crippen molar-refractivity contribution in [2.45, 2.75) is 58.5 Å². The van der Waals surface area contributed by atoms with Gasteiger partial charge in [-0.2, -0.15) is 0 Å². The van der Waals surface area contributed by atoms with Crippen LogP contribution >= 0.6 is 15.9 Å². The first-order chi connectivity index (χ1) is 14.2. The van der Waals surface area contributed by atoms with Crippen molar-refractivity contribution in [1.29, 1.82) is 0 Å². The van der Waals surface area contributed by atoms with E-state index in [2.05, 4.69) is 35.1 Å². The second-order valence-electron chi connectivity index (χ2n) is 9.22. The van der Waals surface area contributed by atoms with Crippen molar-refractivity contribution >= 4 is 27.7 Å². The number of nitrogens with one attached hydrogen (secondary N) is 1. The zero-order valence-corrected chi connectivity index (χ0v) is 19.3. The quantitative estimate of drug-likeness (QED) is 0.637. The van der Waals surface area contributed by atoms with Crippen LogP contribution < -0.4 is 5.32 Å². The first-order valence-electron chi connectivity index (χ1n) is 10.5. The van der Waals surface area contributed by atoms with Crippen LogP contribution in [-0.4, -0.2) is 31.1 Å². The van der Waals surface area contributed by atoms with Gasteiger partial charge >= 0.3 is 5.97 Å². The molecular formula is C24H28BrNO4. The number of dihydropyridines is 1. The molecule has 5 nitrogen and oxygen atoms in total. The van der Waals surface area contributed by atoms with Crippen molar-refractivity contribution in [3.63, 3.8) is 0 Å². The molecule has 0 saturated carbocycles. The van der Waals surface area contributed by atoms with E-state index < -0.39 is 5.92 Å². The Morgan fingerprint density at radius 3 is 2.83 bits per heavy atom. The van der Waals surface area contributed by atoms with Gasteiger partial charge in [0.05, 0.1) is 11.7 Å². The van der Waals surface area contributed by atoms with Crippen LogP contribution in [0.25, 0.3) is 0 Å². The molecule has 1 aromatic carbocycles. The predicted octanol–water partition coefficient (Wildman–Crippen LogP) is 4.78. The van der Waals surface area contributed by atoms with Gasteiger partial charge in [0.15, 0.2) is 5.78 Å². The smallest absolute Gasteiger partial charge is 0.336 e. The summed E-state index contributed by atoms with van der Waals surface area (Å²) < 4.78 is 12.2. The number of carbonyl (C=O) groups is 2. The van der Waals surface area contributed by atoms with Crippen LogP contribution in [-0.2, 0) is 19.1 Å². The summed E-state index contributed by atoms with van der Waals surface area (Å²) in [5, 5.41) is 3.37. The zero-order valence-electron chi connectivity index (χ0n) is 17.7. The highest BCUT2D eigenvalue weighted by molar-refractivity contribution is 9.10. The van der Waals surface area contributed by atoms with Crippen LogP contribution in [0.1, 0.15) is 57.9 Å². The third-order valence-corrected chi connectivity index (χ3v) is 6.56. The van der Waals surface area contributed by atoms with Crippen molar-refractivity contribution in [1.82, 2.24) is 5.32 Å². The number of halogens is 1. The standard InChI is InChI=1S/C24H28BrNO4/c1-14-20(23(28)30-13-17-8-5-9-29-17)21(15-6-4-7-16(25)10-15)22-18(26-14)11-24(2,3)12-19(22)27/h4,6-7,10,17,21,26H,5,8-9,11-13H2,1-3H3/t17-,21-/m0/s1. The van der Waals surface area contributed by atoms with Crippen LogP contribution in [0, 0.1) is 5.41 Å². The topological polar surface area (TPSA) is 64.6 Å². The highest BCUT2D eigenvalue weighted by Crippen LogP contribution is 2.47. The SMILES string of the molecule is CC1=C(C(=O)OC[C@@H]2CCCO2)[C@H](c2cccc(Br)c2)C2=C(CC(C)(C)CC2=O)N1. The lowest BCUT2D eigenvalue weighted by Crippen LogP contribution is -2.39. The maximum absolute atomic E-state index is 13.3. The Labute approximate surface area is 186 Å². The van der Waals surface area contributed by atoms with E-state index in [1.807, 2.05) is 31.2 Å². The maximum atomic E-state index is 13.3. The van der Waals surface area contributed by atoms with Crippen molar-refractivity contribution in [2.24, 2.45) is 5.41 Å². The van der Waals surface area contributed by atoms with Gasteiger partial charge < -0.3 is 14.8 Å². The summed E-state index contributed by atoms with van der Waals surface area (Å²) in [7, 11) is 0. The molecule has 0 spiro atoms. The lowest BCUT2D eigenvalue weighted by atomic mass is 9.68. The van der Waals surface area contributed by atoms with Crippen LogP contribution in [0.15, 0.2) is 51.3 Å². The summed E-state index contributed by atoms with van der Waals surface area (Å²) in [6, 6.07) is 7.83. The molecule has 2 atom stereocenters. The van der Waals surface area contributed by atoms with Crippen LogP contribution in [0.5, 0.6) is 0 Å². The average molecular weight is 474 g/mol. The molecule has 0 unspecified atom stereocenters. The normalized spacial score (nSPS) is 25.8. The summed E-state index contributed by atoms with van der Waals surface area (Å²) in [4.78, 5) is 26.5. The minimum absolute atomic E-state index is 0.0392. The minimum atomic E-state index is -0.431. The molecular weight excluding hydrogens is 446 g/mol. The van der Waals surface area contributed by atoms with Crippen LogP contribution in [0.4, 0.5) is 0 Å². The van der Waals surface area contributed by atoms with Gasteiger partial charge in [0.25, 0.3) is 0 Å². The Hall–Kier alpha value is -1.92. The van der Waals surface area contributed by atoms with Gasteiger partial charge in [-0.3, -0.25) is 4.79 Å². The molecule has 0 bridgehead atoms. The van der Waals surface area contributed by atoms with E-state index in [9.17, 15) is 9.59 Å². The Morgan fingerprint density at radius 2 is 2.13 bits per heavy atom. The lowest BCUT2D eigenvalue weighted by molar-refractivity contribution is -0.142. The van der Waals surface area contributed by atoms with E-state index in [0.717, 1.165) is 40.7 Å². The summed E-state index contributed by atoms with van der Waals surface area (Å²) in [6.07, 6.45) is 3.10. The fraction of sp³-hybridized carbons (Fsp3) is 0.500. The highest BCUT2D eigenvalue weighted by atomic mass is 79.9. The minimum Gasteiger partial charge on any atom is -0.459 e.